The van der Waals surface area contributed by atoms with Crippen molar-refractivity contribution in [2.24, 2.45) is 0 Å². The Labute approximate surface area is 119 Å². The van der Waals surface area contributed by atoms with Gasteiger partial charge in [0.15, 0.2) is 14.6 Å². The summed E-state index contributed by atoms with van der Waals surface area (Å²) in [6, 6.07) is 0. The van der Waals surface area contributed by atoms with Crippen LogP contribution in [0.15, 0.2) is 12.2 Å². The average Bonchev–Trinajstić information content (AvgIpc) is 2.34. The molecule has 1 aliphatic heterocycles. The van der Waals surface area contributed by atoms with Crippen LogP contribution < -0.4 is 0 Å². The highest BCUT2D eigenvalue weighted by atomic mass is 28.4. The smallest absolute Gasteiger partial charge is 0.192 e. The molecule has 0 aromatic heterocycles. The second-order valence-electron chi connectivity index (χ2n) is 6.91. The van der Waals surface area contributed by atoms with Crippen LogP contribution >= 0.6 is 0 Å². The molecule has 0 bridgehead atoms. The fourth-order valence-electron chi connectivity index (χ4n) is 1.59. The van der Waals surface area contributed by atoms with Crippen LogP contribution in [0.3, 0.4) is 0 Å². The van der Waals surface area contributed by atoms with E-state index in [0.717, 1.165) is 25.0 Å². The lowest BCUT2D eigenvalue weighted by atomic mass is 10.2. The monoisotopic (exact) mass is 286 g/mol. The summed E-state index contributed by atoms with van der Waals surface area (Å²) in [5.74, 6) is 0. The first-order valence-electron chi connectivity index (χ1n) is 7.26. The second kappa shape index (κ2) is 7.02. The standard InChI is InChI=1S/C15H30O3Si/c1-13(11-17-14-9-7-8-10-16-14)12-18-19(5,6)15(2,3)4/h14H,1,7-12H2,2-6H3. The van der Waals surface area contributed by atoms with Gasteiger partial charge in [0.25, 0.3) is 0 Å². The molecule has 1 saturated heterocycles. The lowest BCUT2D eigenvalue weighted by molar-refractivity contribution is -0.157. The van der Waals surface area contributed by atoms with Crippen LogP contribution in [-0.4, -0.2) is 34.4 Å². The zero-order valence-electron chi connectivity index (χ0n) is 13.3. The quantitative estimate of drug-likeness (QED) is 0.543. The molecule has 1 heterocycles. The molecule has 0 aromatic rings. The highest BCUT2D eigenvalue weighted by Gasteiger charge is 2.37. The van der Waals surface area contributed by atoms with Crippen LogP contribution in [0, 0.1) is 0 Å². The Balaban J connectivity index is 2.24. The normalized spacial score (nSPS) is 21.4. The topological polar surface area (TPSA) is 27.7 Å². The number of ether oxygens (including phenoxy) is 2. The lowest BCUT2D eigenvalue weighted by Crippen LogP contribution is -2.41. The predicted molar refractivity (Wildman–Crippen MR) is 81.8 cm³/mol. The van der Waals surface area contributed by atoms with Crippen molar-refractivity contribution in [1.82, 2.24) is 0 Å². The van der Waals surface area contributed by atoms with E-state index < -0.39 is 8.32 Å². The lowest BCUT2D eigenvalue weighted by Gasteiger charge is -2.36. The summed E-state index contributed by atoms with van der Waals surface area (Å²) in [5.41, 5.74) is 0.999. The SMILES string of the molecule is C=C(COC1CCCCO1)CO[Si](C)(C)C(C)(C)C. The summed E-state index contributed by atoms with van der Waals surface area (Å²) in [6.07, 6.45) is 3.29. The van der Waals surface area contributed by atoms with Gasteiger partial charge in [-0.1, -0.05) is 27.4 Å². The minimum absolute atomic E-state index is 0.0432. The van der Waals surface area contributed by atoms with Gasteiger partial charge >= 0.3 is 0 Å². The zero-order valence-corrected chi connectivity index (χ0v) is 14.3. The molecular weight excluding hydrogens is 256 g/mol. The van der Waals surface area contributed by atoms with E-state index in [1.807, 2.05) is 0 Å². The van der Waals surface area contributed by atoms with Gasteiger partial charge in [0, 0.05) is 6.61 Å². The maximum atomic E-state index is 6.11. The molecule has 0 amide bonds. The Morgan fingerprint density at radius 1 is 1.26 bits per heavy atom. The first-order valence-corrected chi connectivity index (χ1v) is 10.2. The highest BCUT2D eigenvalue weighted by molar-refractivity contribution is 6.74. The molecule has 0 N–H and O–H groups in total. The Kier molecular flexibility index (Phi) is 6.24. The molecule has 3 nitrogen and oxygen atoms in total. The van der Waals surface area contributed by atoms with Gasteiger partial charge in [0.05, 0.1) is 13.2 Å². The summed E-state index contributed by atoms with van der Waals surface area (Å²) in [4.78, 5) is 0. The van der Waals surface area contributed by atoms with Crippen LogP contribution in [0.4, 0.5) is 0 Å². The molecule has 1 aliphatic rings. The third-order valence-electron chi connectivity index (χ3n) is 4.05. The average molecular weight is 286 g/mol. The largest absolute Gasteiger partial charge is 0.413 e. The van der Waals surface area contributed by atoms with Gasteiger partial charge in [0.2, 0.25) is 0 Å². The summed E-state index contributed by atoms with van der Waals surface area (Å²) >= 11 is 0. The predicted octanol–water partition coefficient (Wildman–Crippen LogP) is 4.11. The van der Waals surface area contributed by atoms with Gasteiger partial charge in [-0.3, -0.25) is 0 Å². The molecule has 0 radical (unpaired) electrons. The maximum absolute atomic E-state index is 6.11. The van der Waals surface area contributed by atoms with Crippen molar-refractivity contribution in [2.45, 2.75) is 64.5 Å². The summed E-state index contributed by atoms with van der Waals surface area (Å²) in [7, 11) is -1.68. The number of rotatable bonds is 6. The van der Waals surface area contributed by atoms with Crippen LogP contribution in [-0.2, 0) is 13.9 Å². The summed E-state index contributed by atoms with van der Waals surface area (Å²) in [5, 5.41) is 0.237. The first kappa shape index (κ1) is 16.9. The Bertz CT molecular complexity index is 288. The Hall–Kier alpha value is -0.163. The summed E-state index contributed by atoms with van der Waals surface area (Å²) in [6.45, 7) is 17.2. The van der Waals surface area contributed by atoms with E-state index in [1.165, 1.54) is 6.42 Å². The van der Waals surface area contributed by atoms with Crippen molar-refractivity contribution in [2.75, 3.05) is 19.8 Å². The van der Waals surface area contributed by atoms with Crippen molar-refractivity contribution < 1.29 is 13.9 Å². The van der Waals surface area contributed by atoms with Crippen LogP contribution in [0.2, 0.25) is 18.1 Å². The molecule has 112 valence electrons. The molecule has 0 saturated carbocycles. The van der Waals surface area contributed by atoms with E-state index in [4.69, 9.17) is 13.9 Å². The van der Waals surface area contributed by atoms with Gasteiger partial charge in [-0.05, 0) is 43.0 Å². The highest BCUT2D eigenvalue weighted by Crippen LogP contribution is 2.36. The molecule has 0 aromatic carbocycles. The van der Waals surface area contributed by atoms with Crippen LogP contribution in [0.1, 0.15) is 40.0 Å². The number of hydrogen-bond donors (Lipinski definition) is 0. The Morgan fingerprint density at radius 2 is 1.95 bits per heavy atom. The van der Waals surface area contributed by atoms with Gasteiger partial charge in [-0.15, -0.1) is 0 Å². The molecule has 1 rings (SSSR count). The van der Waals surface area contributed by atoms with Gasteiger partial charge < -0.3 is 13.9 Å². The molecule has 0 spiro atoms. The van der Waals surface area contributed by atoms with E-state index in [9.17, 15) is 0 Å². The number of hydrogen-bond acceptors (Lipinski definition) is 3. The second-order valence-corrected chi connectivity index (χ2v) is 11.7. The third kappa shape index (κ3) is 5.77. The minimum Gasteiger partial charge on any atom is -0.413 e. The van der Waals surface area contributed by atoms with Gasteiger partial charge in [-0.2, -0.15) is 0 Å². The first-order chi connectivity index (χ1) is 8.72. The molecule has 1 unspecified atom stereocenters. The van der Waals surface area contributed by atoms with E-state index in [2.05, 4.69) is 40.4 Å². The minimum atomic E-state index is -1.68. The van der Waals surface area contributed by atoms with Crippen molar-refractivity contribution in [3.05, 3.63) is 12.2 Å². The van der Waals surface area contributed by atoms with Crippen LogP contribution in [0.25, 0.3) is 0 Å². The van der Waals surface area contributed by atoms with E-state index >= 15 is 0 Å². The fourth-order valence-corrected chi connectivity index (χ4v) is 2.59. The van der Waals surface area contributed by atoms with Crippen molar-refractivity contribution in [3.8, 4) is 0 Å². The fraction of sp³-hybridized carbons (Fsp3) is 0.867. The molecule has 4 heteroatoms. The van der Waals surface area contributed by atoms with Crippen LogP contribution in [0.5, 0.6) is 0 Å². The Morgan fingerprint density at radius 3 is 2.47 bits per heavy atom. The molecular formula is C15H30O3Si. The van der Waals surface area contributed by atoms with E-state index in [-0.39, 0.29) is 11.3 Å². The van der Waals surface area contributed by atoms with Gasteiger partial charge in [0.1, 0.15) is 0 Å². The third-order valence-corrected chi connectivity index (χ3v) is 8.53. The van der Waals surface area contributed by atoms with E-state index in [1.54, 1.807) is 0 Å². The van der Waals surface area contributed by atoms with Crippen molar-refractivity contribution >= 4 is 8.32 Å². The molecule has 0 aliphatic carbocycles. The maximum Gasteiger partial charge on any atom is 0.192 e. The molecule has 1 fully saturated rings. The summed E-state index contributed by atoms with van der Waals surface area (Å²) < 4.78 is 17.4. The van der Waals surface area contributed by atoms with Gasteiger partial charge in [-0.25, -0.2) is 0 Å². The molecule has 1 atom stereocenters. The van der Waals surface area contributed by atoms with Crippen molar-refractivity contribution in [3.63, 3.8) is 0 Å². The van der Waals surface area contributed by atoms with Crippen molar-refractivity contribution in [1.29, 1.82) is 0 Å². The van der Waals surface area contributed by atoms with E-state index in [0.29, 0.717) is 13.2 Å². The molecule has 19 heavy (non-hydrogen) atoms. The zero-order chi connectivity index (χ0) is 14.5.